The first-order valence-electron chi connectivity index (χ1n) is 9.04. The molecule has 0 aliphatic carbocycles. The zero-order valence-corrected chi connectivity index (χ0v) is 17.3. The Morgan fingerprint density at radius 3 is 2.79 bits per heavy atom. The lowest BCUT2D eigenvalue weighted by Gasteiger charge is -2.34. The predicted octanol–water partition coefficient (Wildman–Crippen LogP) is 2.10. The lowest BCUT2D eigenvalue weighted by Crippen LogP contribution is -2.48. The molecular weight excluding hydrogens is 400 g/mol. The minimum Gasteiger partial charge on any atom is -0.454 e. The number of carbonyl (C=O) groups is 1. The third-order valence-corrected chi connectivity index (χ3v) is 5.94. The van der Waals surface area contributed by atoms with E-state index in [1.807, 2.05) is 23.3 Å². The molecule has 1 amide bonds. The topological polar surface area (TPSA) is 80.9 Å². The van der Waals surface area contributed by atoms with E-state index >= 15 is 0 Å². The molecule has 1 aromatic carbocycles. The lowest BCUT2D eigenvalue weighted by molar-refractivity contribution is -0.130. The van der Waals surface area contributed by atoms with E-state index in [0.717, 1.165) is 44.2 Å². The van der Waals surface area contributed by atoms with Crippen LogP contribution in [0.1, 0.15) is 11.5 Å². The molecule has 0 atom stereocenters. The van der Waals surface area contributed by atoms with Gasteiger partial charge in [0.1, 0.15) is 0 Å². The Hall–Kier alpha value is -1.91. The van der Waals surface area contributed by atoms with Gasteiger partial charge in [-0.2, -0.15) is 11.8 Å². The molecule has 0 N–H and O–H groups in total. The van der Waals surface area contributed by atoms with E-state index in [1.54, 1.807) is 11.8 Å². The standard InChI is InChI=1S/C18H22N4O4S2/c1-27-10-16-19-20-18(26-16)28-11-17(23)22-6-4-21(5-7-22)9-13-2-3-14-15(8-13)25-12-24-14/h2-3,8H,4-7,9-12H2,1H3. The lowest BCUT2D eigenvalue weighted by atomic mass is 10.1. The van der Waals surface area contributed by atoms with Crippen LogP contribution in [-0.4, -0.2) is 70.9 Å². The van der Waals surface area contributed by atoms with Crippen molar-refractivity contribution in [3.63, 3.8) is 0 Å². The summed E-state index contributed by atoms with van der Waals surface area (Å²) >= 11 is 2.93. The van der Waals surface area contributed by atoms with E-state index in [2.05, 4.69) is 21.2 Å². The molecule has 1 saturated heterocycles. The van der Waals surface area contributed by atoms with Crippen molar-refractivity contribution in [2.24, 2.45) is 0 Å². The van der Waals surface area contributed by atoms with Crippen molar-refractivity contribution in [3.8, 4) is 11.5 Å². The minimum absolute atomic E-state index is 0.109. The molecule has 4 rings (SSSR count). The van der Waals surface area contributed by atoms with Crippen LogP contribution in [0.4, 0.5) is 0 Å². The number of benzene rings is 1. The number of fused-ring (bicyclic) bond motifs is 1. The monoisotopic (exact) mass is 422 g/mol. The SMILES string of the molecule is CSCc1nnc(SCC(=O)N2CCN(Cc3ccc4c(c3)OCO4)CC2)o1. The number of hydrogen-bond donors (Lipinski definition) is 0. The van der Waals surface area contributed by atoms with Gasteiger partial charge in [0, 0.05) is 32.7 Å². The summed E-state index contributed by atoms with van der Waals surface area (Å²) in [5.41, 5.74) is 1.19. The molecule has 0 saturated carbocycles. The first-order chi connectivity index (χ1) is 13.7. The molecule has 2 aliphatic heterocycles. The van der Waals surface area contributed by atoms with Crippen molar-refractivity contribution < 1.29 is 18.7 Å². The summed E-state index contributed by atoms with van der Waals surface area (Å²) in [5, 5.41) is 8.39. The van der Waals surface area contributed by atoms with Gasteiger partial charge in [0.25, 0.3) is 5.22 Å². The first kappa shape index (κ1) is 19.4. The summed E-state index contributed by atoms with van der Waals surface area (Å²) in [4.78, 5) is 16.7. The quantitative estimate of drug-likeness (QED) is 0.623. The molecule has 1 fully saturated rings. The van der Waals surface area contributed by atoms with Gasteiger partial charge in [-0.25, -0.2) is 0 Å². The second kappa shape index (κ2) is 9.06. The fourth-order valence-corrected chi connectivity index (χ4v) is 4.19. The number of nitrogens with zero attached hydrogens (tertiary/aromatic N) is 4. The van der Waals surface area contributed by atoms with E-state index in [1.165, 1.54) is 17.3 Å². The number of hydrogen-bond acceptors (Lipinski definition) is 9. The smallest absolute Gasteiger partial charge is 0.277 e. The van der Waals surface area contributed by atoms with Crippen LogP contribution in [0.5, 0.6) is 11.5 Å². The van der Waals surface area contributed by atoms with Crippen molar-refractivity contribution in [2.45, 2.75) is 17.5 Å². The van der Waals surface area contributed by atoms with Gasteiger partial charge in [-0.15, -0.1) is 10.2 Å². The van der Waals surface area contributed by atoms with Crippen LogP contribution in [0, 0.1) is 0 Å². The molecule has 150 valence electrons. The van der Waals surface area contributed by atoms with Crippen LogP contribution in [0.3, 0.4) is 0 Å². The summed E-state index contributed by atoms with van der Waals surface area (Å²) in [6.45, 7) is 4.29. The van der Waals surface area contributed by atoms with Crippen LogP contribution in [-0.2, 0) is 17.1 Å². The Balaban J connectivity index is 1.21. The largest absolute Gasteiger partial charge is 0.454 e. The molecule has 0 spiro atoms. The molecule has 28 heavy (non-hydrogen) atoms. The van der Waals surface area contributed by atoms with Crippen molar-refractivity contribution in [1.82, 2.24) is 20.0 Å². The Labute approximate surface area is 171 Å². The summed E-state index contributed by atoms with van der Waals surface area (Å²) in [6, 6.07) is 6.06. The molecule has 0 radical (unpaired) electrons. The van der Waals surface area contributed by atoms with Crippen LogP contribution in [0.2, 0.25) is 0 Å². The zero-order chi connectivity index (χ0) is 19.3. The second-order valence-electron chi connectivity index (χ2n) is 6.53. The number of carbonyl (C=O) groups excluding carboxylic acids is 1. The van der Waals surface area contributed by atoms with Crippen LogP contribution in [0.25, 0.3) is 0 Å². The third-order valence-electron chi connectivity index (χ3n) is 4.60. The number of amides is 1. The number of piperazine rings is 1. The number of aromatic nitrogens is 2. The molecule has 10 heteroatoms. The van der Waals surface area contributed by atoms with E-state index in [4.69, 9.17) is 13.9 Å². The van der Waals surface area contributed by atoms with Gasteiger partial charge in [-0.1, -0.05) is 17.8 Å². The second-order valence-corrected chi connectivity index (χ2v) is 8.32. The highest BCUT2D eigenvalue weighted by Crippen LogP contribution is 2.32. The molecule has 3 heterocycles. The Morgan fingerprint density at radius 2 is 1.96 bits per heavy atom. The Kier molecular flexibility index (Phi) is 6.28. The molecule has 2 aromatic rings. The summed E-state index contributed by atoms with van der Waals surface area (Å²) in [6.07, 6.45) is 1.98. The number of rotatable bonds is 7. The van der Waals surface area contributed by atoms with Crippen molar-refractivity contribution in [2.75, 3.05) is 45.0 Å². The van der Waals surface area contributed by atoms with Crippen LogP contribution < -0.4 is 9.47 Å². The molecule has 2 aliphatic rings. The van der Waals surface area contributed by atoms with Crippen molar-refractivity contribution in [1.29, 1.82) is 0 Å². The molecule has 0 bridgehead atoms. The number of ether oxygens (including phenoxy) is 2. The number of thioether (sulfide) groups is 2. The average molecular weight is 423 g/mol. The molecule has 1 aromatic heterocycles. The van der Waals surface area contributed by atoms with Crippen molar-refractivity contribution in [3.05, 3.63) is 29.7 Å². The van der Waals surface area contributed by atoms with Gasteiger partial charge >= 0.3 is 0 Å². The van der Waals surface area contributed by atoms with E-state index < -0.39 is 0 Å². The molecule has 0 unspecified atom stereocenters. The van der Waals surface area contributed by atoms with Gasteiger partial charge in [-0.05, 0) is 24.0 Å². The zero-order valence-electron chi connectivity index (χ0n) is 15.6. The normalized spacial score (nSPS) is 16.5. The van der Waals surface area contributed by atoms with E-state index in [-0.39, 0.29) is 5.91 Å². The first-order valence-corrected chi connectivity index (χ1v) is 11.4. The fraction of sp³-hybridized carbons (Fsp3) is 0.500. The highest BCUT2D eigenvalue weighted by Gasteiger charge is 2.22. The van der Waals surface area contributed by atoms with Gasteiger partial charge in [0.2, 0.25) is 18.6 Å². The fourth-order valence-electron chi connectivity index (χ4n) is 3.15. The average Bonchev–Trinajstić information content (AvgIpc) is 3.36. The summed E-state index contributed by atoms with van der Waals surface area (Å²) < 4.78 is 16.3. The summed E-state index contributed by atoms with van der Waals surface area (Å²) in [5.74, 6) is 3.33. The van der Waals surface area contributed by atoms with E-state index in [0.29, 0.717) is 29.4 Å². The van der Waals surface area contributed by atoms with Gasteiger partial charge < -0.3 is 18.8 Å². The van der Waals surface area contributed by atoms with Gasteiger partial charge in [0.15, 0.2) is 11.5 Å². The van der Waals surface area contributed by atoms with Crippen molar-refractivity contribution >= 4 is 29.4 Å². The summed E-state index contributed by atoms with van der Waals surface area (Å²) in [7, 11) is 0. The van der Waals surface area contributed by atoms with Gasteiger partial charge in [0.05, 0.1) is 11.5 Å². The predicted molar refractivity (Wildman–Crippen MR) is 107 cm³/mol. The van der Waals surface area contributed by atoms with Gasteiger partial charge in [-0.3, -0.25) is 9.69 Å². The highest BCUT2D eigenvalue weighted by atomic mass is 32.2. The maximum absolute atomic E-state index is 12.5. The minimum atomic E-state index is 0.109. The van der Waals surface area contributed by atoms with Crippen LogP contribution in [0.15, 0.2) is 27.8 Å². The molecule has 8 nitrogen and oxygen atoms in total. The third kappa shape index (κ3) is 4.73. The van der Waals surface area contributed by atoms with E-state index in [9.17, 15) is 4.79 Å². The maximum Gasteiger partial charge on any atom is 0.277 e. The molecular formula is C18H22N4O4S2. The Bertz CT molecular complexity index is 824. The Morgan fingerprint density at radius 1 is 1.14 bits per heavy atom. The maximum atomic E-state index is 12.5. The van der Waals surface area contributed by atoms with Crippen LogP contribution >= 0.6 is 23.5 Å². The highest BCUT2D eigenvalue weighted by molar-refractivity contribution is 7.99.